The Kier molecular flexibility index (Phi) is 14.1. The summed E-state index contributed by atoms with van der Waals surface area (Å²) in [5.41, 5.74) is 23.7. The highest BCUT2D eigenvalue weighted by atomic mass is 15.1. The van der Waals surface area contributed by atoms with Gasteiger partial charge in [0.25, 0.3) is 0 Å². The lowest BCUT2D eigenvalue weighted by Gasteiger charge is -2.45. The molecule has 9 aromatic rings. The maximum absolute atomic E-state index is 4.41. The van der Waals surface area contributed by atoms with E-state index in [1.165, 1.54) is 89.0 Å². The second-order valence-electron chi connectivity index (χ2n) is 18.9. The van der Waals surface area contributed by atoms with E-state index in [9.17, 15) is 0 Å². The maximum atomic E-state index is 4.41. The highest BCUT2D eigenvalue weighted by molar-refractivity contribution is 5.92. The zero-order chi connectivity index (χ0) is 50.5. The number of anilines is 2. The standard InChI is InChI=1S/C70H59N.C2H6/c1-6-9-36-63-55(8-3)60-32-19-21-37-64(60)70(63)65-38-22-20-34-62(65)68(61-33-18-17-31-59(61)56-29-15-13-25-48(56)4)69-58(35-23-39-66(69)70)52-42-40-50(41-43-52)51-44-46-54(47-45-51)71(53-27-11-10-12-28-53)67(24-7-2)57-30-16-14-26-49(57)5;1-2/h7,9-47,68H,5-6,8H2,1-4H3;1-2H3/b24-7-,36-9-,67-57+;. The summed E-state index contributed by atoms with van der Waals surface area (Å²) in [4.78, 5) is 2.33. The van der Waals surface area contributed by atoms with Crippen molar-refractivity contribution in [1.82, 2.24) is 0 Å². The van der Waals surface area contributed by atoms with Crippen LogP contribution in [0.5, 0.6) is 0 Å². The lowest BCUT2D eigenvalue weighted by atomic mass is 9.56. The number of nitrogens with zero attached hydrogens (tertiary/aromatic N) is 1. The predicted octanol–water partition coefficient (Wildman–Crippen LogP) is 17.9. The first-order chi connectivity index (χ1) is 36.0. The van der Waals surface area contributed by atoms with Gasteiger partial charge in [0.2, 0.25) is 0 Å². The van der Waals surface area contributed by atoms with Crippen LogP contribution in [0.4, 0.5) is 11.4 Å². The summed E-state index contributed by atoms with van der Waals surface area (Å²) in [5.74, 6) is -0.0347. The molecule has 0 radical (unpaired) electrons. The lowest BCUT2D eigenvalue weighted by Crippen LogP contribution is -2.37. The van der Waals surface area contributed by atoms with Crippen LogP contribution < -0.4 is 15.3 Å². The molecule has 0 bridgehead atoms. The van der Waals surface area contributed by atoms with Gasteiger partial charge in [0.15, 0.2) is 0 Å². The number of hydrogen-bond acceptors (Lipinski definition) is 1. The molecule has 2 atom stereocenters. The Labute approximate surface area is 434 Å². The first-order valence-corrected chi connectivity index (χ1v) is 26.3. The molecule has 9 aromatic carbocycles. The Hall–Kier alpha value is -8.26. The third-order valence-corrected chi connectivity index (χ3v) is 15.0. The highest BCUT2D eigenvalue weighted by Gasteiger charge is 2.52. The van der Waals surface area contributed by atoms with Crippen molar-refractivity contribution in [3.63, 3.8) is 0 Å². The van der Waals surface area contributed by atoms with E-state index in [-0.39, 0.29) is 5.92 Å². The van der Waals surface area contributed by atoms with Crippen molar-refractivity contribution < 1.29 is 0 Å². The van der Waals surface area contributed by atoms with E-state index < -0.39 is 5.41 Å². The van der Waals surface area contributed by atoms with Crippen LogP contribution in [0.15, 0.2) is 248 Å². The number of fused-ring (bicyclic) bond motifs is 6. The Bertz CT molecular complexity index is 3640. The first-order valence-electron chi connectivity index (χ1n) is 26.3. The van der Waals surface area contributed by atoms with E-state index in [0.29, 0.717) is 0 Å². The average molecular weight is 944 g/mol. The van der Waals surface area contributed by atoms with Crippen LogP contribution in [0.3, 0.4) is 0 Å². The molecule has 0 amide bonds. The Morgan fingerprint density at radius 2 is 1.07 bits per heavy atom. The molecule has 2 aliphatic rings. The molecule has 2 unspecified atom stereocenters. The predicted molar refractivity (Wildman–Crippen MR) is 314 cm³/mol. The lowest BCUT2D eigenvalue weighted by molar-refractivity contribution is 0.692. The molecule has 1 nitrogen and oxygen atoms in total. The Balaban J connectivity index is 0.00000302. The van der Waals surface area contributed by atoms with Gasteiger partial charge in [0.1, 0.15) is 0 Å². The number of aryl methyl sites for hydroxylation is 1. The fourth-order valence-electron chi connectivity index (χ4n) is 11.9. The smallest absolute Gasteiger partial charge is 0.0716 e. The molecule has 1 heteroatoms. The van der Waals surface area contributed by atoms with Gasteiger partial charge in [-0.1, -0.05) is 247 Å². The molecule has 358 valence electrons. The van der Waals surface area contributed by atoms with E-state index in [4.69, 9.17) is 0 Å². The van der Waals surface area contributed by atoms with Gasteiger partial charge in [-0.15, -0.1) is 0 Å². The Morgan fingerprint density at radius 1 is 0.521 bits per heavy atom. The van der Waals surface area contributed by atoms with Gasteiger partial charge in [0, 0.05) is 22.5 Å². The van der Waals surface area contributed by atoms with E-state index in [2.05, 4.69) is 276 Å². The number of para-hydroxylation sites is 1. The summed E-state index contributed by atoms with van der Waals surface area (Å²) in [5, 5.41) is 2.09. The van der Waals surface area contributed by atoms with E-state index >= 15 is 0 Å². The molecule has 0 heterocycles. The second kappa shape index (κ2) is 21.2. The van der Waals surface area contributed by atoms with Crippen molar-refractivity contribution in [1.29, 1.82) is 0 Å². The quantitative estimate of drug-likeness (QED) is 0.125. The van der Waals surface area contributed by atoms with Crippen molar-refractivity contribution in [3.05, 3.63) is 303 Å². The fourth-order valence-corrected chi connectivity index (χ4v) is 11.9. The Morgan fingerprint density at radius 3 is 1.75 bits per heavy atom. The largest absolute Gasteiger partial charge is 0.310 e. The number of hydrogen-bond donors (Lipinski definition) is 0. The minimum Gasteiger partial charge on any atom is -0.310 e. The van der Waals surface area contributed by atoms with Crippen molar-refractivity contribution in [3.8, 4) is 33.4 Å². The molecule has 0 aromatic heterocycles. The number of allylic oxidation sites excluding steroid dienone is 5. The van der Waals surface area contributed by atoms with Crippen molar-refractivity contribution in [2.24, 2.45) is 0 Å². The molecule has 1 spiro atoms. The summed E-state index contributed by atoms with van der Waals surface area (Å²) >= 11 is 0. The minimum absolute atomic E-state index is 0.0347. The molecule has 0 aliphatic heterocycles. The van der Waals surface area contributed by atoms with Crippen molar-refractivity contribution in [2.45, 2.75) is 65.7 Å². The molecule has 0 saturated carbocycles. The van der Waals surface area contributed by atoms with Crippen molar-refractivity contribution >= 4 is 29.2 Å². The van der Waals surface area contributed by atoms with Crippen LogP contribution in [0, 0.1) is 6.92 Å². The maximum Gasteiger partial charge on any atom is 0.0716 e. The van der Waals surface area contributed by atoms with E-state index in [1.807, 2.05) is 19.9 Å². The molecule has 0 fully saturated rings. The minimum atomic E-state index is -0.501. The summed E-state index contributed by atoms with van der Waals surface area (Å²) < 4.78 is 0. The highest BCUT2D eigenvalue weighted by Crippen LogP contribution is 2.63. The molecular weight excluding hydrogens is 879 g/mol. The average Bonchev–Trinajstić information content (AvgIpc) is 3.73. The molecule has 0 N–H and O–H groups in total. The number of benzene rings is 9. The van der Waals surface area contributed by atoms with Crippen LogP contribution >= 0.6 is 0 Å². The van der Waals surface area contributed by atoms with Crippen LogP contribution in [0.2, 0.25) is 0 Å². The summed E-state index contributed by atoms with van der Waals surface area (Å²) in [6, 6.07) is 81.1. The number of rotatable bonds is 11. The van der Waals surface area contributed by atoms with E-state index in [1.54, 1.807) is 0 Å². The zero-order valence-corrected chi connectivity index (χ0v) is 43.2. The fraction of sp³-hybridized carbons (Fsp3) is 0.139. The molecule has 11 rings (SSSR count). The summed E-state index contributed by atoms with van der Waals surface area (Å²) in [6.45, 7) is 17.3. The van der Waals surface area contributed by atoms with Gasteiger partial charge in [-0.25, -0.2) is 0 Å². The van der Waals surface area contributed by atoms with Crippen LogP contribution in [-0.2, 0) is 5.41 Å². The third-order valence-electron chi connectivity index (χ3n) is 15.0. The van der Waals surface area contributed by atoms with Gasteiger partial charge >= 0.3 is 0 Å². The van der Waals surface area contributed by atoms with Crippen molar-refractivity contribution in [2.75, 3.05) is 4.90 Å². The first kappa shape index (κ1) is 48.4. The SMILES string of the molecule is C=c1cccc/c1=C(/C=C\C)N(c1ccccc1)c1ccc(-c2ccc(-c3cccc4c3C(c3ccccc3-c3ccccc3C)c3ccccc3C43C(/C=C\CC)=C(CC)c4ccccc43)cc2)cc1.CC. The van der Waals surface area contributed by atoms with E-state index in [0.717, 1.165) is 40.4 Å². The normalized spacial score (nSPS) is 15.9. The zero-order valence-electron chi connectivity index (χ0n) is 43.2. The second-order valence-corrected chi connectivity index (χ2v) is 18.9. The molecular formula is C72H65N. The monoisotopic (exact) mass is 944 g/mol. The topological polar surface area (TPSA) is 3.24 Å². The van der Waals surface area contributed by atoms with Gasteiger partial charge in [-0.2, -0.15) is 0 Å². The van der Waals surface area contributed by atoms with Gasteiger partial charge in [-0.05, 0) is 151 Å². The van der Waals surface area contributed by atoms with Gasteiger partial charge in [0.05, 0.1) is 11.1 Å². The van der Waals surface area contributed by atoms with Crippen LogP contribution in [0.1, 0.15) is 97.9 Å². The molecule has 73 heavy (non-hydrogen) atoms. The molecule has 2 aliphatic carbocycles. The van der Waals surface area contributed by atoms with Crippen LogP contribution in [0.25, 0.3) is 51.2 Å². The third kappa shape index (κ3) is 8.43. The van der Waals surface area contributed by atoms with Crippen LogP contribution in [-0.4, -0.2) is 0 Å². The van der Waals surface area contributed by atoms with Gasteiger partial charge in [-0.3, -0.25) is 0 Å². The summed E-state index contributed by atoms with van der Waals surface area (Å²) in [6.07, 6.45) is 11.0. The van der Waals surface area contributed by atoms with Gasteiger partial charge < -0.3 is 4.90 Å². The molecule has 0 saturated heterocycles. The summed E-state index contributed by atoms with van der Waals surface area (Å²) in [7, 11) is 0.